The third-order valence-electron chi connectivity index (χ3n) is 3.66. The number of hydrogen-bond acceptors (Lipinski definition) is 3. The molecule has 0 unspecified atom stereocenters. The first-order chi connectivity index (χ1) is 9.42. The molecule has 0 aliphatic heterocycles. The van der Waals surface area contributed by atoms with Crippen LogP contribution in [-0.2, 0) is 0 Å². The summed E-state index contributed by atoms with van der Waals surface area (Å²) in [7, 11) is 3.42. The zero-order valence-electron chi connectivity index (χ0n) is 13.5. The van der Waals surface area contributed by atoms with Gasteiger partial charge < -0.3 is 20.1 Å². The standard InChI is InChI=1S/C16H35NO3/c1-17(2,20)15-13-11-9-7-5-3-4-6-8-10-12-14-16(18)19/h16,18-19H,3-15H2,1-2H3. The highest BCUT2D eigenvalue weighted by Crippen LogP contribution is 2.12. The van der Waals surface area contributed by atoms with Gasteiger partial charge in [-0.25, -0.2) is 0 Å². The predicted molar refractivity (Wildman–Crippen MR) is 84.0 cm³/mol. The van der Waals surface area contributed by atoms with Crippen LogP contribution in [0.1, 0.15) is 77.0 Å². The summed E-state index contributed by atoms with van der Waals surface area (Å²) in [6.45, 7) is 0.739. The van der Waals surface area contributed by atoms with Crippen molar-refractivity contribution in [3.8, 4) is 0 Å². The Morgan fingerprint density at radius 1 is 0.700 bits per heavy atom. The molecular formula is C16H35NO3. The van der Waals surface area contributed by atoms with E-state index in [-0.39, 0.29) is 4.65 Å². The molecule has 0 aromatic carbocycles. The summed E-state index contributed by atoms with van der Waals surface area (Å²) >= 11 is 0. The van der Waals surface area contributed by atoms with Gasteiger partial charge in [0.15, 0.2) is 6.29 Å². The fraction of sp³-hybridized carbons (Fsp3) is 1.00. The van der Waals surface area contributed by atoms with Crippen molar-refractivity contribution in [3.63, 3.8) is 0 Å². The molecule has 0 aliphatic rings. The molecule has 0 amide bonds. The van der Waals surface area contributed by atoms with Crippen molar-refractivity contribution in [2.45, 2.75) is 83.3 Å². The zero-order valence-corrected chi connectivity index (χ0v) is 13.5. The Hall–Kier alpha value is -0.160. The van der Waals surface area contributed by atoms with Crippen molar-refractivity contribution in [3.05, 3.63) is 5.21 Å². The van der Waals surface area contributed by atoms with Crippen LogP contribution < -0.4 is 0 Å². The quantitative estimate of drug-likeness (QED) is 0.222. The molecule has 0 aromatic rings. The molecule has 122 valence electrons. The molecule has 2 N–H and O–H groups in total. The van der Waals surface area contributed by atoms with Crippen molar-refractivity contribution in [1.82, 2.24) is 0 Å². The molecule has 4 nitrogen and oxygen atoms in total. The first-order valence-electron chi connectivity index (χ1n) is 8.32. The number of hydrogen-bond donors (Lipinski definition) is 2. The molecule has 20 heavy (non-hydrogen) atoms. The van der Waals surface area contributed by atoms with E-state index in [9.17, 15) is 5.21 Å². The first-order valence-corrected chi connectivity index (χ1v) is 8.32. The highest BCUT2D eigenvalue weighted by Gasteiger charge is 2.00. The van der Waals surface area contributed by atoms with E-state index in [1.807, 2.05) is 0 Å². The average molecular weight is 289 g/mol. The van der Waals surface area contributed by atoms with Gasteiger partial charge in [0.25, 0.3) is 0 Å². The molecule has 0 saturated carbocycles. The minimum absolute atomic E-state index is 0.159. The van der Waals surface area contributed by atoms with E-state index in [1.54, 1.807) is 14.1 Å². The molecule has 0 rings (SSSR count). The van der Waals surface area contributed by atoms with Crippen LogP contribution in [0.5, 0.6) is 0 Å². The largest absolute Gasteiger partial charge is 0.633 e. The molecule has 0 bridgehead atoms. The smallest absolute Gasteiger partial charge is 0.151 e. The van der Waals surface area contributed by atoms with E-state index >= 15 is 0 Å². The van der Waals surface area contributed by atoms with Gasteiger partial charge in [-0.1, -0.05) is 51.4 Å². The molecular weight excluding hydrogens is 254 g/mol. The van der Waals surface area contributed by atoms with E-state index in [0.717, 1.165) is 25.8 Å². The Kier molecular flexibility index (Phi) is 12.5. The van der Waals surface area contributed by atoms with E-state index in [4.69, 9.17) is 10.2 Å². The van der Waals surface area contributed by atoms with Gasteiger partial charge in [-0.2, -0.15) is 0 Å². The second-order valence-electron chi connectivity index (χ2n) is 6.46. The first kappa shape index (κ1) is 19.8. The van der Waals surface area contributed by atoms with Gasteiger partial charge in [-0.05, 0) is 25.7 Å². The minimum Gasteiger partial charge on any atom is -0.633 e. The lowest BCUT2D eigenvalue weighted by atomic mass is 10.1. The molecule has 0 heterocycles. The van der Waals surface area contributed by atoms with Crippen LogP contribution in [0, 0.1) is 5.21 Å². The predicted octanol–water partition coefficient (Wildman–Crippen LogP) is 3.55. The van der Waals surface area contributed by atoms with Crippen LogP contribution in [0.15, 0.2) is 0 Å². The summed E-state index contributed by atoms with van der Waals surface area (Å²) in [4.78, 5) is 0. The molecule has 0 aliphatic carbocycles. The third kappa shape index (κ3) is 17.8. The van der Waals surface area contributed by atoms with Gasteiger partial charge in [0.05, 0.1) is 20.6 Å². The van der Waals surface area contributed by atoms with E-state index < -0.39 is 6.29 Å². The summed E-state index contributed by atoms with van der Waals surface area (Å²) in [6.07, 6.45) is 12.6. The number of nitrogens with zero attached hydrogens (tertiary/aromatic N) is 1. The fourth-order valence-corrected chi connectivity index (χ4v) is 2.41. The van der Waals surface area contributed by atoms with Crippen LogP contribution in [0.2, 0.25) is 0 Å². The van der Waals surface area contributed by atoms with Crippen molar-refractivity contribution in [1.29, 1.82) is 0 Å². The number of aliphatic hydroxyl groups is 2. The van der Waals surface area contributed by atoms with Crippen LogP contribution >= 0.6 is 0 Å². The van der Waals surface area contributed by atoms with Gasteiger partial charge in [-0.15, -0.1) is 0 Å². The monoisotopic (exact) mass is 289 g/mol. The Morgan fingerprint density at radius 2 is 1.05 bits per heavy atom. The van der Waals surface area contributed by atoms with Crippen LogP contribution in [0.4, 0.5) is 0 Å². The molecule has 0 atom stereocenters. The van der Waals surface area contributed by atoms with Gasteiger partial charge in [0.1, 0.15) is 0 Å². The number of hydroxylamine groups is 3. The minimum atomic E-state index is -1.12. The van der Waals surface area contributed by atoms with Gasteiger partial charge in [0, 0.05) is 0 Å². The lowest BCUT2D eigenvalue weighted by Gasteiger charge is -2.33. The zero-order chi connectivity index (χ0) is 15.3. The van der Waals surface area contributed by atoms with Crippen LogP contribution in [0.3, 0.4) is 0 Å². The Bertz CT molecular complexity index is 202. The third-order valence-corrected chi connectivity index (χ3v) is 3.66. The number of unbranched alkanes of at least 4 members (excludes halogenated alkanes) is 10. The maximum Gasteiger partial charge on any atom is 0.151 e. The highest BCUT2D eigenvalue weighted by molar-refractivity contribution is 4.49. The van der Waals surface area contributed by atoms with Crippen molar-refractivity contribution in [2.24, 2.45) is 0 Å². The van der Waals surface area contributed by atoms with Crippen molar-refractivity contribution >= 4 is 0 Å². The number of aliphatic hydroxyl groups excluding tert-OH is 1. The summed E-state index contributed by atoms with van der Waals surface area (Å²) < 4.78 is -0.159. The van der Waals surface area contributed by atoms with Gasteiger partial charge in [-0.3, -0.25) is 0 Å². The average Bonchev–Trinajstić information content (AvgIpc) is 2.33. The molecule has 0 fully saturated rings. The van der Waals surface area contributed by atoms with Crippen molar-refractivity contribution < 1.29 is 14.9 Å². The van der Waals surface area contributed by atoms with Crippen molar-refractivity contribution in [2.75, 3.05) is 20.6 Å². The lowest BCUT2D eigenvalue weighted by molar-refractivity contribution is -0.840. The molecule has 0 aromatic heterocycles. The summed E-state index contributed by atoms with van der Waals surface area (Å²) in [5, 5.41) is 28.7. The summed E-state index contributed by atoms with van der Waals surface area (Å²) in [6, 6.07) is 0. The van der Waals surface area contributed by atoms with E-state index in [2.05, 4.69) is 0 Å². The second-order valence-corrected chi connectivity index (χ2v) is 6.46. The van der Waals surface area contributed by atoms with E-state index in [0.29, 0.717) is 6.42 Å². The Morgan fingerprint density at radius 3 is 1.40 bits per heavy atom. The maximum atomic E-state index is 11.3. The highest BCUT2D eigenvalue weighted by atomic mass is 16.5. The van der Waals surface area contributed by atoms with Crippen LogP contribution in [0.25, 0.3) is 0 Å². The van der Waals surface area contributed by atoms with Gasteiger partial charge in [0.2, 0.25) is 0 Å². The topological polar surface area (TPSA) is 63.5 Å². The normalized spacial score (nSPS) is 12.3. The van der Waals surface area contributed by atoms with Crippen LogP contribution in [-0.4, -0.2) is 41.8 Å². The molecule has 0 spiro atoms. The molecule has 4 heteroatoms. The van der Waals surface area contributed by atoms with Gasteiger partial charge >= 0.3 is 0 Å². The summed E-state index contributed by atoms with van der Waals surface area (Å²) in [5.41, 5.74) is 0. The Balaban J connectivity index is 3.03. The Labute approximate surface area is 125 Å². The SMILES string of the molecule is C[N+](C)([O-])CCCCCCCCCCCCCC(O)O. The fourth-order valence-electron chi connectivity index (χ4n) is 2.41. The maximum absolute atomic E-state index is 11.3. The van der Waals surface area contributed by atoms with E-state index in [1.165, 1.54) is 51.4 Å². The summed E-state index contributed by atoms with van der Waals surface area (Å²) in [5.74, 6) is 0. The molecule has 0 radical (unpaired) electrons. The number of quaternary nitrogens is 1. The number of rotatable bonds is 14. The molecule has 0 saturated heterocycles. The lowest BCUT2D eigenvalue weighted by Crippen LogP contribution is -2.32. The second kappa shape index (κ2) is 12.6.